The molecule has 1 amide bonds. The topological polar surface area (TPSA) is 41.6 Å². The van der Waals surface area contributed by atoms with Crippen molar-refractivity contribution in [1.82, 2.24) is 10.2 Å². The molecular formula is C22H27FN2O2. The number of hydrogen-bond donors (Lipinski definition) is 1. The summed E-state index contributed by atoms with van der Waals surface area (Å²) < 4.78 is 18.7. The number of carbonyl (C=O) groups is 1. The maximum absolute atomic E-state index is 12.9. The molecule has 1 aliphatic heterocycles. The quantitative estimate of drug-likeness (QED) is 0.805. The normalized spacial score (nSPS) is 15.5. The van der Waals surface area contributed by atoms with E-state index in [0.29, 0.717) is 30.4 Å². The number of likely N-dealkylation sites (tertiary alicyclic amines) is 1. The Morgan fingerprint density at radius 3 is 2.67 bits per heavy atom. The molecule has 0 aliphatic carbocycles. The molecule has 0 spiro atoms. The molecule has 1 saturated heterocycles. The molecule has 1 aliphatic rings. The number of nitrogens with one attached hydrogen (secondary N) is 1. The first-order valence-corrected chi connectivity index (χ1v) is 9.54. The van der Waals surface area contributed by atoms with Crippen molar-refractivity contribution >= 4 is 5.91 Å². The lowest BCUT2D eigenvalue weighted by Gasteiger charge is -2.28. The minimum Gasteiger partial charge on any atom is -0.489 e. The molecule has 27 heavy (non-hydrogen) atoms. The molecule has 0 unspecified atom stereocenters. The molecule has 3 rings (SSSR count). The first-order valence-electron chi connectivity index (χ1n) is 9.54. The molecule has 1 fully saturated rings. The SMILES string of the molecule is CN1CCC(CCNC(=O)c2cccc(OCc3ccc(F)cc3)c2)CC1. The van der Waals surface area contributed by atoms with Gasteiger partial charge in [-0.2, -0.15) is 0 Å². The number of hydrogen-bond acceptors (Lipinski definition) is 3. The fraction of sp³-hybridized carbons (Fsp3) is 0.409. The van der Waals surface area contributed by atoms with Crippen LogP contribution in [-0.2, 0) is 6.61 Å². The third-order valence-corrected chi connectivity index (χ3v) is 5.09. The van der Waals surface area contributed by atoms with Crippen LogP contribution in [0, 0.1) is 11.7 Å². The highest BCUT2D eigenvalue weighted by Gasteiger charge is 2.16. The van der Waals surface area contributed by atoms with Crippen LogP contribution in [0.4, 0.5) is 4.39 Å². The maximum Gasteiger partial charge on any atom is 0.251 e. The zero-order chi connectivity index (χ0) is 19.1. The maximum atomic E-state index is 12.9. The van der Waals surface area contributed by atoms with E-state index in [0.717, 1.165) is 25.1 Å². The minimum absolute atomic E-state index is 0.0739. The Morgan fingerprint density at radius 1 is 1.19 bits per heavy atom. The van der Waals surface area contributed by atoms with Gasteiger partial charge in [0.15, 0.2) is 0 Å². The van der Waals surface area contributed by atoms with Crippen molar-refractivity contribution in [3.63, 3.8) is 0 Å². The number of benzene rings is 2. The van der Waals surface area contributed by atoms with Crippen molar-refractivity contribution in [3.05, 3.63) is 65.5 Å². The molecule has 5 heteroatoms. The van der Waals surface area contributed by atoms with E-state index in [-0.39, 0.29) is 11.7 Å². The third-order valence-electron chi connectivity index (χ3n) is 5.09. The van der Waals surface area contributed by atoms with E-state index in [1.807, 2.05) is 12.1 Å². The summed E-state index contributed by atoms with van der Waals surface area (Å²) in [5.41, 5.74) is 1.47. The van der Waals surface area contributed by atoms with Crippen molar-refractivity contribution in [3.8, 4) is 5.75 Å². The Labute approximate surface area is 160 Å². The standard InChI is InChI=1S/C22H27FN2O2/c1-25-13-10-17(11-14-25)9-12-24-22(26)19-3-2-4-21(15-19)27-16-18-5-7-20(23)8-6-18/h2-8,15,17H,9-14,16H2,1H3,(H,24,26). The molecule has 1 N–H and O–H groups in total. The van der Waals surface area contributed by atoms with E-state index in [2.05, 4.69) is 17.3 Å². The number of nitrogens with zero attached hydrogens (tertiary/aromatic N) is 1. The van der Waals surface area contributed by atoms with Gasteiger partial charge in [0.05, 0.1) is 0 Å². The van der Waals surface area contributed by atoms with Gasteiger partial charge < -0.3 is 15.0 Å². The average molecular weight is 370 g/mol. The summed E-state index contributed by atoms with van der Waals surface area (Å²) in [5.74, 6) is 0.988. The van der Waals surface area contributed by atoms with E-state index < -0.39 is 0 Å². The van der Waals surface area contributed by atoms with E-state index in [1.54, 1.807) is 24.3 Å². The summed E-state index contributed by atoms with van der Waals surface area (Å²) >= 11 is 0. The van der Waals surface area contributed by atoms with Crippen LogP contribution in [-0.4, -0.2) is 37.5 Å². The van der Waals surface area contributed by atoms with Crippen LogP contribution in [0.15, 0.2) is 48.5 Å². The van der Waals surface area contributed by atoms with Gasteiger partial charge in [-0.15, -0.1) is 0 Å². The van der Waals surface area contributed by atoms with Crippen molar-refractivity contribution < 1.29 is 13.9 Å². The molecule has 4 nitrogen and oxygen atoms in total. The summed E-state index contributed by atoms with van der Waals surface area (Å²) in [6.07, 6.45) is 3.44. The van der Waals surface area contributed by atoms with E-state index in [4.69, 9.17) is 4.74 Å². The second kappa shape index (κ2) is 9.51. The minimum atomic E-state index is -0.266. The lowest BCUT2D eigenvalue weighted by Crippen LogP contribution is -2.32. The molecule has 0 bridgehead atoms. The van der Waals surface area contributed by atoms with Gasteiger partial charge in [0, 0.05) is 12.1 Å². The summed E-state index contributed by atoms with van der Waals surface area (Å²) in [4.78, 5) is 14.7. The summed E-state index contributed by atoms with van der Waals surface area (Å²) in [7, 11) is 2.16. The Kier molecular flexibility index (Phi) is 6.82. The zero-order valence-corrected chi connectivity index (χ0v) is 15.8. The Hall–Kier alpha value is -2.40. The van der Waals surface area contributed by atoms with Crippen molar-refractivity contribution in [1.29, 1.82) is 0 Å². The van der Waals surface area contributed by atoms with E-state index in [1.165, 1.54) is 25.0 Å². The van der Waals surface area contributed by atoms with Crippen LogP contribution >= 0.6 is 0 Å². The second-order valence-electron chi connectivity index (χ2n) is 7.23. The van der Waals surface area contributed by atoms with Crippen molar-refractivity contribution in [2.45, 2.75) is 25.9 Å². The van der Waals surface area contributed by atoms with Gasteiger partial charge in [0.2, 0.25) is 0 Å². The molecule has 0 radical (unpaired) electrons. The third kappa shape index (κ3) is 6.07. The average Bonchev–Trinajstić information content (AvgIpc) is 2.69. The molecule has 144 valence electrons. The highest BCUT2D eigenvalue weighted by atomic mass is 19.1. The molecule has 1 heterocycles. The van der Waals surface area contributed by atoms with Crippen LogP contribution in [0.5, 0.6) is 5.75 Å². The zero-order valence-electron chi connectivity index (χ0n) is 15.8. The molecule has 2 aromatic carbocycles. The monoisotopic (exact) mass is 370 g/mol. The highest BCUT2D eigenvalue weighted by Crippen LogP contribution is 2.19. The smallest absolute Gasteiger partial charge is 0.251 e. The number of piperidine rings is 1. The molecular weight excluding hydrogens is 343 g/mol. The molecule has 0 aromatic heterocycles. The van der Waals surface area contributed by atoms with Crippen LogP contribution in [0.25, 0.3) is 0 Å². The van der Waals surface area contributed by atoms with E-state index in [9.17, 15) is 9.18 Å². The van der Waals surface area contributed by atoms with Gasteiger partial charge in [0.25, 0.3) is 5.91 Å². The Balaban J connectivity index is 1.46. The largest absolute Gasteiger partial charge is 0.489 e. The van der Waals surface area contributed by atoms with Crippen LogP contribution in [0.1, 0.15) is 35.2 Å². The predicted molar refractivity (Wildman–Crippen MR) is 104 cm³/mol. The van der Waals surface area contributed by atoms with Gasteiger partial charge in [0.1, 0.15) is 18.2 Å². The fourth-order valence-corrected chi connectivity index (χ4v) is 3.32. The van der Waals surface area contributed by atoms with Crippen LogP contribution in [0.2, 0.25) is 0 Å². The van der Waals surface area contributed by atoms with Gasteiger partial charge >= 0.3 is 0 Å². The van der Waals surface area contributed by atoms with Gasteiger partial charge in [-0.3, -0.25) is 4.79 Å². The van der Waals surface area contributed by atoms with Gasteiger partial charge in [-0.1, -0.05) is 18.2 Å². The molecule has 0 atom stereocenters. The van der Waals surface area contributed by atoms with Gasteiger partial charge in [-0.25, -0.2) is 4.39 Å². The lowest BCUT2D eigenvalue weighted by molar-refractivity contribution is 0.0948. The number of rotatable bonds is 7. The first kappa shape index (κ1) is 19.4. The fourth-order valence-electron chi connectivity index (χ4n) is 3.32. The summed E-state index contributed by atoms with van der Waals surface area (Å²) in [6.45, 7) is 3.33. The molecule has 0 saturated carbocycles. The van der Waals surface area contributed by atoms with Crippen molar-refractivity contribution in [2.75, 3.05) is 26.7 Å². The highest BCUT2D eigenvalue weighted by molar-refractivity contribution is 5.94. The lowest BCUT2D eigenvalue weighted by atomic mass is 9.94. The Morgan fingerprint density at radius 2 is 1.93 bits per heavy atom. The number of halogens is 1. The summed E-state index contributed by atoms with van der Waals surface area (Å²) in [5, 5.41) is 3.01. The van der Waals surface area contributed by atoms with Crippen LogP contribution < -0.4 is 10.1 Å². The first-order chi connectivity index (χ1) is 13.1. The Bertz CT molecular complexity index is 740. The second-order valence-corrected chi connectivity index (χ2v) is 7.23. The number of carbonyl (C=O) groups excluding carboxylic acids is 1. The number of ether oxygens (including phenoxy) is 1. The number of amides is 1. The summed E-state index contributed by atoms with van der Waals surface area (Å²) in [6, 6.07) is 13.4. The van der Waals surface area contributed by atoms with Gasteiger partial charge in [-0.05, 0) is 81.2 Å². The molecule has 2 aromatic rings. The predicted octanol–water partition coefficient (Wildman–Crippen LogP) is 3.87. The van der Waals surface area contributed by atoms with E-state index >= 15 is 0 Å². The van der Waals surface area contributed by atoms with Crippen LogP contribution in [0.3, 0.4) is 0 Å². The van der Waals surface area contributed by atoms with Crippen molar-refractivity contribution in [2.24, 2.45) is 5.92 Å².